The lowest BCUT2D eigenvalue weighted by molar-refractivity contribution is 0.479. The SMILES string of the molecule is CC.Clc1ccc(C2=CC3=NNC(=NC4CCCCCC4)CN3N=C2c2ccccc2Cl)cc1. The molecule has 0 saturated heterocycles. The van der Waals surface area contributed by atoms with Crippen molar-refractivity contribution in [2.75, 3.05) is 6.54 Å². The fourth-order valence-corrected chi connectivity index (χ4v) is 4.73. The third-order valence-corrected chi connectivity index (χ3v) is 6.64. The number of allylic oxidation sites excluding steroid dienone is 1. The maximum atomic E-state index is 6.57. The van der Waals surface area contributed by atoms with Crippen LogP contribution in [0.3, 0.4) is 0 Å². The van der Waals surface area contributed by atoms with Gasteiger partial charge in [-0.2, -0.15) is 10.2 Å². The van der Waals surface area contributed by atoms with Gasteiger partial charge in [-0.05, 0) is 42.7 Å². The Morgan fingerprint density at radius 2 is 1.65 bits per heavy atom. The average molecular weight is 496 g/mol. The van der Waals surface area contributed by atoms with Gasteiger partial charge in [0, 0.05) is 16.2 Å². The van der Waals surface area contributed by atoms with E-state index in [4.69, 9.17) is 33.3 Å². The standard InChI is InChI=1S/C25H25Cl2N5.C2H6/c26-18-13-11-17(12-14-18)21-15-24-30-29-23(28-19-7-3-1-2-4-8-19)16-32(24)31-25(21)20-9-5-6-10-22(20)27;1-2/h5-6,9-15,19H,1-4,7-8,16H2,(H,28,29);1-2H3. The third-order valence-electron chi connectivity index (χ3n) is 6.06. The number of amidine groups is 2. The second kappa shape index (κ2) is 11.7. The predicted molar refractivity (Wildman–Crippen MR) is 145 cm³/mol. The lowest BCUT2D eigenvalue weighted by atomic mass is 9.94. The van der Waals surface area contributed by atoms with Crippen molar-refractivity contribution >= 4 is 46.2 Å². The smallest absolute Gasteiger partial charge is 0.170 e. The molecule has 1 saturated carbocycles. The van der Waals surface area contributed by atoms with Crippen LogP contribution in [0.2, 0.25) is 10.0 Å². The second-order valence-corrected chi connectivity index (χ2v) is 9.20. The van der Waals surface area contributed by atoms with Gasteiger partial charge in [-0.1, -0.05) is 93.1 Å². The van der Waals surface area contributed by atoms with E-state index in [2.05, 4.69) is 10.5 Å². The molecular formula is C27H31Cl2N5. The van der Waals surface area contributed by atoms with Crippen LogP contribution in [0.4, 0.5) is 0 Å². The van der Waals surface area contributed by atoms with E-state index in [1.165, 1.54) is 25.7 Å². The first-order chi connectivity index (χ1) is 16.7. The molecule has 2 aromatic rings. The van der Waals surface area contributed by atoms with Crippen molar-refractivity contribution < 1.29 is 0 Å². The van der Waals surface area contributed by atoms with Gasteiger partial charge in [0.05, 0.1) is 11.1 Å². The highest BCUT2D eigenvalue weighted by molar-refractivity contribution is 6.42. The van der Waals surface area contributed by atoms with E-state index in [0.717, 1.165) is 46.9 Å². The van der Waals surface area contributed by atoms with E-state index < -0.39 is 0 Å². The molecule has 5 rings (SSSR count). The molecule has 0 unspecified atom stereocenters. The molecule has 1 fully saturated rings. The highest BCUT2D eigenvalue weighted by Crippen LogP contribution is 2.30. The van der Waals surface area contributed by atoms with E-state index >= 15 is 0 Å². The largest absolute Gasteiger partial charge is 0.266 e. The summed E-state index contributed by atoms with van der Waals surface area (Å²) in [5.74, 6) is 1.62. The van der Waals surface area contributed by atoms with Crippen LogP contribution in [0.15, 0.2) is 69.8 Å². The van der Waals surface area contributed by atoms with Gasteiger partial charge in [0.25, 0.3) is 0 Å². The molecule has 1 aliphatic carbocycles. The highest BCUT2D eigenvalue weighted by Gasteiger charge is 2.27. The summed E-state index contributed by atoms with van der Waals surface area (Å²) >= 11 is 12.7. The number of benzene rings is 2. The zero-order valence-corrected chi connectivity index (χ0v) is 21.3. The molecule has 34 heavy (non-hydrogen) atoms. The second-order valence-electron chi connectivity index (χ2n) is 8.35. The fraction of sp³-hybridized carbons (Fsp3) is 0.370. The number of halogens is 2. The molecule has 0 bridgehead atoms. The minimum atomic E-state index is 0.369. The summed E-state index contributed by atoms with van der Waals surface area (Å²) in [7, 11) is 0. The van der Waals surface area contributed by atoms with Gasteiger partial charge in [-0.3, -0.25) is 10.4 Å². The molecule has 0 atom stereocenters. The van der Waals surface area contributed by atoms with Gasteiger partial charge in [-0.15, -0.1) is 0 Å². The zero-order valence-electron chi connectivity index (χ0n) is 19.8. The molecule has 2 aromatic carbocycles. The number of fused-ring (bicyclic) bond motifs is 1. The average Bonchev–Trinajstić information content (AvgIpc) is 3.14. The van der Waals surface area contributed by atoms with E-state index in [9.17, 15) is 0 Å². The van der Waals surface area contributed by atoms with Crippen LogP contribution in [-0.2, 0) is 0 Å². The van der Waals surface area contributed by atoms with Crippen LogP contribution in [0.25, 0.3) is 5.57 Å². The van der Waals surface area contributed by atoms with E-state index in [1.54, 1.807) is 0 Å². The van der Waals surface area contributed by atoms with Gasteiger partial charge in [0.1, 0.15) is 18.1 Å². The summed E-state index contributed by atoms with van der Waals surface area (Å²) in [4.78, 5) is 4.97. The lowest BCUT2D eigenvalue weighted by Gasteiger charge is -2.30. The number of nitrogens with zero attached hydrogens (tertiary/aromatic N) is 4. The number of hydrogen-bond donors (Lipinski definition) is 1. The Hall–Kier alpha value is -2.63. The van der Waals surface area contributed by atoms with Crippen molar-refractivity contribution in [3.8, 4) is 0 Å². The minimum Gasteiger partial charge on any atom is -0.266 e. The van der Waals surface area contributed by atoms with Crippen molar-refractivity contribution in [2.45, 2.75) is 58.4 Å². The number of hydrazone groups is 2. The summed E-state index contributed by atoms with van der Waals surface area (Å²) in [6.07, 6.45) is 9.47. The molecule has 2 heterocycles. The summed E-state index contributed by atoms with van der Waals surface area (Å²) in [6, 6.07) is 15.9. The van der Waals surface area contributed by atoms with Crippen LogP contribution in [0.1, 0.15) is 63.5 Å². The van der Waals surface area contributed by atoms with Crippen LogP contribution in [0, 0.1) is 0 Å². The number of nitrogens with one attached hydrogen (secondary N) is 1. The van der Waals surface area contributed by atoms with E-state index in [1.807, 2.05) is 73.5 Å². The Morgan fingerprint density at radius 3 is 2.35 bits per heavy atom. The van der Waals surface area contributed by atoms with Crippen LogP contribution in [0.5, 0.6) is 0 Å². The Bertz CT molecular complexity index is 1110. The van der Waals surface area contributed by atoms with Crippen molar-refractivity contribution in [3.05, 3.63) is 75.8 Å². The van der Waals surface area contributed by atoms with Gasteiger partial charge in [0.2, 0.25) is 0 Å². The zero-order chi connectivity index (χ0) is 23.9. The van der Waals surface area contributed by atoms with Crippen LogP contribution in [-0.4, -0.2) is 35.0 Å². The summed E-state index contributed by atoms with van der Waals surface area (Å²) in [6.45, 7) is 4.56. The van der Waals surface area contributed by atoms with E-state index in [-0.39, 0.29) is 0 Å². The number of aliphatic imine (C=N–C) groups is 1. The Morgan fingerprint density at radius 1 is 0.941 bits per heavy atom. The summed E-state index contributed by atoms with van der Waals surface area (Å²) in [5.41, 5.74) is 6.83. The molecule has 0 amide bonds. The van der Waals surface area contributed by atoms with Gasteiger partial charge in [0.15, 0.2) is 5.84 Å². The van der Waals surface area contributed by atoms with Gasteiger partial charge in [-0.25, -0.2) is 5.01 Å². The monoisotopic (exact) mass is 495 g/mol. The highest BCUT2D eigenvalue weighted by atomic mass is 35.5. The molecule has 178 valence electrons. The fourth-order valence-electron chi connectivity index (χ4n) is 4.38. The van der Waals surface area contributed by atoms with Crippen LogP contribution < -0.4 is 5.43 Å². The Labute approximate surface area is 212 Å². The topological polar surface area (TPSA) is 52.4 Å². The van der Waals surface area contributed by atoms with Gasteiger partial charge >= 0.3 is 0 Å². The first kappa shape index (κ1) is 24.5. The molecule has 0 spiro atoms. The molecule has 0 aromatic heterocycles. The first-order valence-corrected chi connectivity index (χ1v) is 12.9. The third kappa shape index (κ3) is 5.70. The normalized spacial score (nSPS) is 19.6. The Kier molecular flexibility index (Phi) is 8.41. The van der Waals surface area contributed by atoms with Crippen molar-refractivity contribution in [1.29, 1.82) is 0 Å². The first-order valence-electron chi connectivity index (χ1n) is 12.2. The summed E-state index contributed by atoms with van der Waals surface area (Å²) in [5, 5.41) is 12.8. The van der Waals surface area contributed by atoms with E-state index in [0.29, 0.717) is 22.6 Å². The van der Waals surface area contributed by atoms with Crippen molar-refractivity contribution in [1.82, 2.24) is 10.4 Å². The molecule has 7 heteroatoms. The molecule has 1 N–H and O–H groups in total. The maximum Gasteiger partial charge on any atom is 0.170 e. The Balaban J connectivity index is 0.00000133. The number of hydrogen-bond acceptors (Lipinski definition) is 4. The van der Waals surface area contributed by atoms with Crippen molar-refractivity contribution in [2.24, 2.45) is 15.2 Å². The van der Waals surface area contributed by atoms with Crippen LogP contribution >= 0.6 is 23.2 Å². The van der Waals surface area contributed by atoms with Gasteiger partial charge < -0.3 is 0 Å². The molecule has 2 aliphatic heterocycles. The summed E-state index contributed by atoms with van der Waals surface area (Å²) < 4.78 is 0. The maximum absolute atomic E-state index is 6.57. The molecule has 0 radical (unpaired) electrons. The molecule has 5 nitrogen and oxygen atoms in total. The minimum absolute atomic E-state index is 0.369. The molecule has 3 aliphatic rings. The lowest BCUT2D eigenvalue weighted by Crippen LogP contribution is -2.44. The quantitative estimate of drug-likeness (QED) is 0.459. The molecular weight excluding hydrogens is 465 g/mol. The predicted octanol–water partition coefficient (Wildman–Crippen LogP) is 7.16. The van der Waals surface area contributed by atoms with Crippen molar-refractivity contribution in [3.63, 3.8) is 0 Å². The number of rotatable bonds is 3.